The molecule has 0 aliphatic heterocycles. The number of amides is 5. The lowest BCUT2D eigenvalue weighted by atomic mass is 10.0. The van der Waals surface area contributed by atoms with Gasteiger partial charge in [-0.1, -0.05) is 32.0 Å². The third kappa shape index (κ3) is 11.3. The second-order valence-corrected chi connectivity index (χ2v) is 13.4. The van der Waals surface area contributed by atoms with Crippen LogP contribution in [-0.4, -0.2) is 104 Å². The minimum absolute atomic E-state index is 0.00475. The van der Waals surface area contributed by atoms with Gasteiger partial charge < -0.3 is 47.4 Å². The van der Waals surface area contributed by atoms with Crippen molar-refractivity contribution in [3.05, 3.63) is 54.2 Å². The molecule has 3 rings (SSSR count). The summed E-state index contributed by atoms with van der Waals surface area (Å²) in [4.78, 5) is 88.1. The molecule has 0 bridgehead atoms. The van der Waals surface area contributed by atoms with E-state index in [9.17, 15) is 28.8 Å². The number of aliphatic carboxylic acids is 1. The molecule has 1 aromatic carbocycles. The zero-order chi connectivity index (χ0) is 37.0. The number of fused-ring (bicyclic) bond motifs is 1. The van der Waals surface area contributed by atoms with E-state index >= 15 is 0 Å². The third-order valence-electron chi connectivity index (χ3n) is 8.04. The van der Waals surface area contributed by atoms with Crippen LogP contribution in [0, 0.1) is 5.92 Å². The number of carboxylic acids is 1. The van der Waals surface area contributed by atoms with Crippen LogP contribution in [0.4, 0.5) is 0 Å². The number of imidazole rings is 1. The molecule has 10 N–H and O–H groups in total. The van der Waals surface area contributed by atoms with Crippen LogP contribution < -0.4 is 32.3 Å². The van der Waals surface area contributed by atoms with E-state index in [-0.39, 0.29) is 18.8 Å². The van der Waals surface area contributed by atoms with Gasteiger partial charge in [0.1, 0.15) is 30.2 Å². The largest absolute Gasteiger partial charge is 0.480 e. The summed E-state index contributed by atoms with van der Waals surface area (Å²) in [6.45, 7) is 6.18. The number of para-hydroxylation sites is 1. The van der Waals surface area contributed by atoms with Crippen molar-refractivity contribution in [2.24, 2.45) is 11.7 Å². The Labute approximate surface area is 294 Å². The van der Waals surface area contributed by atoms with Gasteiger partial charge in [0.15, 0.2) is 0 Å². The van der Waals surface area contributed by atoms with E-state index in [1.54, 1.807) is 31.8 Å². The molecule has 6 atom stereocenters. The predicted octanol–water partition coefficient (Wildman–Crippen LogP) is -0.0390. The number of benzene rings is 1. The summed E-state index contributed by atoms with van der Waals surface area (Å²) in [5.41, 5.74) is 8.06. The zero-order valence-corrected chi connectivity index (χ0v) is 29.6. The fourth-order valence-electron chi connectivity index (χ4n) is 5.04. The van der Waals surface area contributed by atoms with Gasteiger partial charge in [0, 0.05) is 41.8 Å². The number of nitrogens with zero attached hydrogens (tertiary/aromatic N) is 1. The van der Waals surface area contributed by atoms with E-state index in [0.717, 1.165) is 10.9 Å². The number of hydrogen-bond donors (Lipinski definition) is 9. The Morgan fingerprint density at radius 1 is 0.820 bits per heavy atom. The Balaban J connectivity index is 1.87. The average molecular weight is 714 g/mol. The quantitative estimate of drug-likeness (QED) is 0.0802. The molecule has 17 heteroatoms. The van der Waals surface area contributed by atoms with Crippen LogP contribution in [0.25, 0.3) is 10.9 Å². The number of rotatable bonds is 19. The van der Waals surface area contributed by atoms with E-state index in [2.05, 4.69) is 41.5 Å². The van der Waals surface area contributed by atoms with Crippen molar-refractivity contribution in [1.29, 1.82) is 0 Å². The maximum Gasteiger partial charge on any atom is 0.325 e. The minimum Gasteiger partial charge on any atom is -0.480 e. The molecule has 0 aliphatic carbocycles. The molecule has 0 unspecified atom stereocenters. The van der Waals surface area contributed by atoms with Crippen LogP contribution in [0.3, 0.4) is 0 Å². The molecule has 50 heavy (non-hydrogen) atoms. The Hall–Kier alpha value is -4.90. The molecule has 2 heterocycles. The summed E-state index contributed by atoms with van der Waals surface area (Å²) in [5, 5.41) is 23.0. The second kappa shape index (κ2) is 18.7. The normalized spacial score (nSPS) is 14.9. The highest BCUT2D eigenvalue weighted by Gasteiger charge is 2.33. The molecule has 0 radical (unpaired) electrons. The number of nitrogens with two attached hydrogens (primary N) is 1. The van der Waals surface area contributed by atoms with E-state index in [1.165, 1.54) is 26.4 Å². The molecule has 0 saturated carbocycles. The summed E-state index contributed by atoms with van der Waals surface area (Å²) >= 11 is 1.54. The Morgan fingerprint density at radius 3 is 2.10 bits per heavy atom. The SMILES string of the molecule is CSCC[C@H](N)C(=O)N[C@H](C(=O)N[C@@H](Cc1cnc[nH]1)C(=O)N[C@@H](Cc1c[nH]c2ccccc12)C(=O)N[C@@H](C)C(=O)N[C@@H](C)C(=O)O)C(C)C. The minimum atomic E-state index is -1.25. The van der Waals surface area contributed by atoms with Crippen LogP contribution >= 0.6 is 11.8 Å². The number of carbonyl (C=O) groups excluding carboxylic acids is 5. The Kier molecular flexibility index (Phi) is 14.8. The monoisotopic (exact) mass is 713 g/mol. The topological polar surface area (TPSA) is 253 Å². The highest BCUT2D eigenvalue weighted by atomic mass is 32.2. The van der Waals surface area contributed by atoms with E-state index in [1.807, 2.05) is 30.5 Å². The van der Waals surface area contributed by atoms with Gasteiger partial charge in [0.25, 0.3) is 0 Å². The summed E-state index contributed by atoms with van der Waals surface area (Å²) in [6.07, 6.45) is 6.92. The lowest BCUT2D eigenvalue weighted by Crippen LogP contribution is -2.60. The standard InChI is InChI=1S/C33H47N9O7S/c1-17(2)27(42-29(44)23(34)10-11-50-5)32(47)41-26(13-21-15-35-16-37-21)31(46)40-25(12-20-14-36-24-9-7-6-8-22(20)24)30(45)38-18(3)28(43)39-19(4)33(48)49/h6-9,14-19,23,25-27,36H,10-13,34H2,1-5H3,(H,35,37)(H,38,45)(H,39,43)(H,40,46)(H,41,47)(H,42,44)(H,48,49)/t18-,19-,23-,25-,26-,27-/m0/s1. The van der Waals surface area contributed by atoms with Gasteiger partial charge >= 0.3 is 5.97 Å². The van der Waals surface area contributed by atoms with E-state index in [4.69, 9.17) is 10.8 Å². The van der Waals surface area contributed by atoms with Gasteiger partial charge in [-0.15, -0.1) is 0 Å². The first-order chi connectivity index (χ1) is 23.7. The maximum absolute atomic E-state index is 14.0. The number of thioether (sulfide) groups is 1. The molecule has 272 valence electrons. The number of aromatic amines is 2. The van der Waals surface area contributed by atoms with Crippen LogP contribution in [0.2, 0.25) is 0 Å². The zero-order valence-electron chi connectivity index (χ0n) is 28.7. The first kappa shape index (κ1) is 39.5. The van der Waals surface area contributed by atoms with Gasteiger partial charge in [-0.2, -0.15) is 11.8 Å². The number of hydrogen-bond acceptors (Lipinski definition) is 9. The molecule has 0 spiro atoms. The molecular weight excluding hydrogens is 666 g/mol. The van der Waals surface area contributed by atoms with E-state index in [0.29, 0.717) is 23.4 Å². The van der Waals surface area contributed by atoms with Crippen LogP contribution in [0.5, 0.6) is 0 Å². The predicted molar refractivity (Wildman–Crippen MR) is 189 cm³/mol. The van der Waals surface area contributed by atoms with Gasteiger partial charge in [-0.3, -0.25) is 28.8 Å². The average Bonchev–Trinajstić information content (AvgIpc) is 3.74. The number of carboxylic acid groups (broad SMARTS) is 1. The summed E-state index contributed by atoms with van der Waals surface area (Å²) in [6, 6.07) is 0.768. The molecule has 16 nitrogen and oxygen atoms in total. The maximum atomic E-state index is 14.0. The smallest absolute Gasteiger partial charge is 0.325 e. The number of nitrogens with one attached hydrogen (secondary N) is 7. The molecule has 3 aromatic rings. The summed E-state index contributed by atoms with van der Waals surface area (Å²) in [5.74, 6) is -4.22. The number of aromatic nitrogens is 3. The fraction of sp³-hybridized carbons (Fsp3) is 0.485. The van der Waals surface area contributed by atoms with E-state index < -0.39 is 71.8 Å². The molecule has 5 amide bonds. The molecule has 0 fully saturated rings. The number of H-pyrrole nitrogens is 2. The fourth-order valence-corrected chi connectivity index (χ4v) is 5.53. The lowest BCUT2D eigenvalue weighted by Gasteiger charge is -2.27. The van der Waals surface area contributed by atoms with Crippen molar-refractivity contribution in [3.8, 4) is 0 Å². The van der Waals surface area contributed by atoms with Crippen molar-refractivity contribution in [1.82, 2.24) is 41.5 Å². The van der Waals surface area contributed by atoms with Gasteiger partial charge in [-0.05, 0) is 49.8 Å². The second-order valence-electron chi connectivity index (χ2n) is 12.4. The first-order valence-corrected chi connectivity index (χ1v) is 17.6. The molecule has 0 aliphatic rings. The van der Waals surface area contributed by atoms with Crippen LogP contribution in [-0.2, 0) is 41.6 Å². The Morgan fingerprint density at radius 2 is 1.46 bits per heavy atom. The van der Waals surface area contributed by atoms with Crippen molar-refractivity contribution < 1.29 is 33.9 Å². The highest BCUT2D eigenvalue weighted by Crippen LogP contribution is 2.19. The van der Waals surface area contributed by atoms with Crippen molar-refractivity contribution in [3.63, 3.8) is 0 Å². The van der Waals surface area contributed by atoms with Crippen molar-refractivity contribution in [2.75, 3.05) is 12.0 Å². The lowest BCUT2D eigenvalue weighted by molar-refractivity contribution is -0.141. The van der Waals surface area contributed by atoms with Crippen LogP contribution in [0.15, 0.2) is 43.0 Å². The number of carbonyl (C=O) groups is 6. The molecule has 2 aromatic heterocycles. The van der Waals surface area contributed by atoms with Crippen molar-refractivity contribution >= 4 is 58.2 Å². The molecular formula is C33H47N9O7S. The third-order valence-corrected chi connectivity index (χ3v) is 8.69. The summed E-state index contributed by atoms with van der Waals surface area (Å²) in [7, 11) is 0. The van der Waals surface area contributed by atoms with Gasteiger partial charge in [-0.25, -0.2) is 4.98 Å². The Bertz CT molecular complexity index is 1630. The van der Waals surface area contributed by atoms with Crippen molar-refractivity contribution in [2.45, 2.75) is 83.2 Å². The molecule has 0 saturated heterocycles. The van der Waals surface area contributed by atoms with Gasteiger partial charge in [0.2, 0.25) is 29.5 Å². The van der Waals surface area contributed by atoms with Gasteiger partial charge in [0.05, 0.1) is 12.4 Å². The summed E-state index contributed by atoms with van der Waals surface area (Å²) < 4.78 is 0. The highest BCUT2D eigenvalue weighted by molar-refractivity contribution is 7.98. The van der Waals surface area contributed by atoms with Crippen LogP contribution in [0.1, 0.15) is 45.4 Å². The first-order valence-electron chi connectivity index (χ1n) is 16.2.